The first-order chi connectivity index (χ1) is 65.6. The van der Waals surface area contributed by atoms with E-state index in [1.54, 1.807) is 0 Å². The molecule has 0 radical (unpaired) electrons. The molecule has 0 aliphatic heterocycles. The van der Waals surface area contributed by atoms with Gasteiger partial charge >= 0.3 is 0 Å². The Morgan fingerprint density at radius 1 is 0.128 bits per heavy atom. The van der Waals surface area contributed by atoms with Gasteiger partial charge in [-0.25, -0.2) is 0 Å². The summed E-state index contributed by atoms with van der Waals surface area (Å²) in [4.78, 5) is 0. The number of hydrogen-bond donors (Lipinski definition) is 0. The van der Waals surface area contributed by atoms with E-state index >= 15 is 0 Å². The summed E-state index contributed by atoms with van der Waals surface area (Å²) in [5.74, 6) is 0. The average Bonchev–Trinajstić information content (AvgIpc) is 0.966. The third kappa shape index (κ3) is 13.3. The molecule has 3 nitrogen and oxygen atoms in total. The predicted octanol–water partition coefficient (Wildman–Crippen LogP) is 36.0. The van der Waals surface area contributed by atoms with Gasteiger partial charge in [0, 0.05) is 49.4 Å². The number of rotatable bonds is 9. The molecule has 3 aromatic heterocycles. The van der Waals surface area contributed by atoms with Crippen molar-refractivity contribution in [3.8, 4) is 83.8 Å². The van der Waals surface area contributed by atoms with Gasteiger partial charge < -0.3 is 13.7 Å². The molecular weight excluding hydrogens is 1600 g/mol. The lowest BCUT2D eigenvalue weighted by Gasteiger charge is -2.19. The number of nitrogens with zero attached hydrogens (tertiary/aromatic N) is 3. The highest BCUT2D eigenvalue weighted by Crippen LogP contribution is 2.50. The normalized spacial score (nSPS) is 11.8. The lowest BCUT2D eigenvalue weighted by Crippen LogP contribution is -1.95. The van der Waals surface area contributed by atoms with E-state index in [4.69, 9.17) is 0 Å². The summed E-state index contributed by atoms with van der Waals surface area (Å²) in [5.41, 5.74) is 31.0. The van der Waals surface area contributed by atoms with Gasteiger partial charge in [-0.1, -0.05) is 368 Å². The van der Waals surface area contributed by atoms with Crippen LogP contribution in [0.4, 0.5) is 0 Å². The third-order valence-corrected chi connectivity index (χ3v) is 27.9. The van der Waals surface area contributed by atoms with Crippen LogP contribution in [0.15, 0.2) is 467 Å². The van der Waals surface area contributed by atoms with Crippen molar-refractivity contribution in [3.05, 3.63) is 489 Å². The number of fused-ring (bicyclic) bond motifs is 21. The Morgan fingerprint density at radius 3 is 0.887 bits per heavy atom. The molecule has 0 N–H and O–H groups in total. The van der Waals surface area contributed by atoms with Crippen LogP contribution in [-0.2, 0) is 0 Å². The fraction of sp³-hybridized carbons (Fsp3) is 0.0308. The van der Waals surface area contributed by atoms with Crippen molar-refractivity contribution < 1.29 is 0 Å². The second-order valence-electron chi connectivity index (χ2n) is 36.0. The van der Waals surface area contributed by atoms with Gasteiger partial charge in [-0.15, -0.1) is 0 Å². The first kappa shape index (κ1) is 78.3. The largest absolute Gasteiger partial charge is 0.309 e. The lowest BCUT2D eigenvalue weighted by atomic mass is 9.84. The molecule has 0 saturated carbocycles. The van der Waals surface area contributed by atoms with Gasteiger partial charge in [0.05, 0.1) is 33.1 Å². The van der Waals surface area contributed by atoms with Crippen molar-refractivity contribution in [2.45, 2.75) is 27.7 Å². The zero-order chi connectivity index (χ0) is 88.5. The number of para-hydroxylation sites is 1. The summed E-state index contributed by atoms with van der Waals surface area (Å²) >= 11 is 0. The van der Waals surface area contributed by atoms with Crippen molar-refractivity contribution in [2.24, 2.45) is 0 Å². The van der Waals surface area contributed by atoms with Gasteiger partial charge in [-0.3, -0.25) is 0 Å². The summed E-state index contributed by atoms with van der Waals surface area (Å²) in [6.07, 6.45) is 0. The minimum absolute atomic E-state index is 1.16. The van der Waals surface area contributed by atoms with E-state index in [2.05, 4.69) is 509 Å². The predicted molar refractivity (Wildman–Crippen MR) is 571 cm³/mol. The molecule has 0 aliphatic carbocycles. The van der Waals surface area contributed by atoms with E-state index in [-0.39, 0.29) is 0 Å². The molecule has 24 aromatic carbocycles. The van der Waals surface area contributed by atoms with Gasteiger partial charge in [0.25, 0.3) is 0 Å². The number of hydrogen-bond acceptors (Lipinski definition) is 0. The molecule has 0 unspecified atom stereocenters. The van der Waals surface area contributed by atoms with Crippen LogP contribution in [0.2, 0.25) is 0 Å². The van der Waals surface area contributed by atoms with Crippen LogP contribution in [0.1, 0.15) is 22.3 Å². The topological polar surface area (TPSA) is 14.8 Å². The highest BCUT2D eigenvalue weighted by molar-refractivity contribution is 6.29. The zero-order valence-corrected chi connectivity index (χ0v) is 74.3. The fourth-order valence-electron chi connectivity index (χ4n) is 21.8. The van der Waals surface area contributed by atoms with Crippen molar-refractivity contribution in [1.82, 2.24) is 13.7 Å². The maximum Gasteiger partial charge on any atom is 0.0541 e. The first-order valence-electron chi connectivity index (χ1n) is 46.2. The standard InChI is InChI=1S/C54H35N.2C38H27N/c1-4-14-36(15-5-1)41-29-32-50-48(34-41)49-35-42(30-33-51(49)55(50)43-19-8-3-9-20-43)37-24-26-40(27-25-37)52-45-22-12-13-23-46(45)53(39-17-6-2-7-18-39)54-44-21-11-10-16-38(44)28-31-47(52)54;1-24-14-18-36-34(20-24)35-21-25(2)15-19-37(35)39(36)29-11-7-10-28(22-29)38-31-13-6-4-9-27(31)23-33-30-12-5-3-8-26(30)16-17-32(33)38;1-24-11-19-36-34(21-24)35-22-25(2)12-20-37(35)39(36)29-16-13-27(14-17-29)38-31-10-6-4-8-28(31)23-33-30-9-5-3-7-26(30)15-18-32(33)38/h1-35H;2*3-23H,1-2H3. The molecule has 3 heterocycles. The Kier molecular flexibility index (Phi) is 18.9. The molecule has 27 rings (SSSR count). The smallest absolute Gasteiger partial charge is 0.0541 e. The van der Waals surface area contributed by atoms with Crippen LogP contribution in [0.25, 0.3) is 246 Å². The Hall–Kier alpha value is -17.0. The summed E-state index contributed by atoms with van der Waals surface area (Å²) in [5, 5.41) is 30.8. The molecule has 0 spiro atoms. The second kappa shape index (κ2) is 32.0. The molecule has 0 atom stereocenters. The number of aromatic nitrogens is 3. The SMILES string of the molecule is Cc1ccc2c(c1)c1cc(C)ccc1n2-c1ccc(-c2c3ccccc3cc3c2ccc2ccccc23)cc1.Cc1ccc2c(c1)c1cc(C)ccc1n2-c1cccc(-c2c3ccccc3cc3c2ccc2ccccc23)c1.c1ccc(-c2ccc3c(c2)c2cc(-c4ccc(-c5c6ccccc6c(-c6ccccc6)c6c5ccc5ccccc56)cc4)ccc2n3-c2ccccc2)cc1. The average molecular weight is 1690 g/mol. The number of benzene rings is 24. The van der Waals surface area contributed by atoms with Gasteiger partial charge in [0.2, 0.25) is 0 Å². The maximum absolute atomic E-state index is 2.43. The molecule has 0 aliphatic rings. The minimum atomic E-state index is 1.16. The van der Waals surface area contributed by atoms with Gasteiger partial charge in [0.1, 0.15) is 0 Å². The maximum atomic E-state index is 2.43. The summed E-state index contributed by atoms with van der Waals surface area (Å²) < 4.78 is 7.23. The summed E-state index contributed by atoms with van der Waals surface area (Å²) in [6, 6.07) is 172. The monoisotopic (exact) mass is 1690 g/mol. The van der Waals surface area contributed by atoms with E-state index in [1.165, 1.54) is 263 Å². The van der Waals surface area contributed by atoms with Gasteiger partial charge in [0.15, 0.2) is 0 Å². The quantitative estimate of drug-likeness (QED) is 0.101. The minimum Gasteiger partial charge on any atom is -0.309 e. The van der Waals surface area contributed by atoms with Gasteiger partial charge in [-0.05, 0) is 313 Å². The number of aryl methyl sites for hydroxylation is 4. The van der Waals surface area contributed by atoms with E-state index < -0.39 is 0 Å². The van der Waals surface area contributed by atoms with Gasteiger partial charge in [-0.2, -0.15) is 0 Å². The Morgan fingerprint density at radius 2 is 0.414 bits per heavy atom. The summed E-state index contributed by atoms with van der Waals surface area (Å²) in [7, 11) is 0. The van der Waals surface area contributed by atoms with Crippen molar-refractivity contribution in [1.29, 1.82) is 0 Å². The van der Waals surface area contributed by atoms with Crippen LogP contribution in [0.5, 0.6) is 0 Å². The Balaban J connectivity index is 0.000000109. The van der Waals surface area contributed by atoms with Crippen LogP contribution < -0.4 is 0 Å². The Labute approximate surface area is 771 Å². The van der Waals surface area contributed by atoms with Crippen molar-refractivity contribution in [3.63, 3.8) is 0 Å². The first-order valence-corrected chi connectivity index (χ1v) is 46.2. The molecule has 0 bridgehead atoms. The highest BCUT2D eigenvalue weighted by Gasteiger charge is 2.24. The molecule has 27 aromatic rings. The van der Waals surface area contributed by atoms with E-state index in [0.717, 1.165) is 5.69 Å². The van der Waals surface area contributed by atoms with Crippen molar-refractivity contribution >= 4 is 162 Å². The third-order valence-electron chi connectivity index (χ3n) is 27.9. The second-order valence-corrected chi connectivity index (χ2v) is 36.0. The highest BCUT2D eigenvalue weighted by atomic mass is 15.0. The fourth-order valence-corrected chi connectivity index (χ4v) is 21.8. The van der Waals surface area contributed by atoms with Crippen LogP contribution in [-0.4, -0.2) is 13.7 Å². The zero-order valence-electron chi connectivity index (χ0n) is 74.3. The molecule has 624 valence electrons. The molecule has 3 heteroatoms. The van der Waals surface area contributed by atoms with E-state index in [0.29, 0.717) is 0 Å². The Bertz CT molecular complexity index is 9280. The molecular formula is C130H89N3. The van der Waals surface area contributed by atoms with Crippen LogP contribution >= 0.6 is 0 Å². The van der Waals surface area contributed by atoms with Crippen molar-refractivity contribution in [2.75, 3.05) is 0 Å². The van der Waals surface area contributed by atoms with Crippen LogP contribution in [0, 0.1) is 27.7 Å². The summed E-state index contributed by atoms with van der Waals surface area (Å²) in [6.45, 7) is 8.69. The molecule has 133 heavy (non-hydrogen) atoms. The lowest BCUT2D eigenvalue weighted by molar-refractivity contribution is 1.18. The van der Waals surface area contributed by atoms with E-state index in [1.807, 2.05) is 0 Å². The van der Waals surface area contributed by atoms with Crippen LogP contribution in [0.3, 0.4) is 0 Å². The molecule has 0 amide bonds. The van der Waals surface area contributed by atoms with E-state index in [9.17, 15) is 0 Å². The molecule has 0 fully saturated rings. The molecule has 0 saturated heterocycles.